The number of rotatable bonds is 5. The normalized spacial score (nSPS) is 25.9. The van der Waals surface area contributed by atoms with E-state index in [-0.39, 0.29) is 18.5 Å². The molecule has 2 fully saturated rings. The van der Waals surface area contributed by atoms with Crippen LogP contribution in [0.2, 0.25) is 5.02 Å². The summed E-state index contributed by atoms with van der Waals surface area (Å²) in [6.07, 6.45) is 5.30. The lowest BCUT2D eigenvalue weighted by molar-refractivity contribution is -0.123. The molecule has 132 valence electrons. The Kier molecular flexibility index (Phi) is 4.46. The van der Waals surface area contributed by atoms with Crippen LogP contribution in [0.4, 0.5) is 0 Å². The van der Waals surface area contributed by atoms with Gasteiger partial charge in [-0.05, 0) is 61.3 Å². The molecule has 2 bridgehead atoms. The summed E-state index contributed by atoms with van der Waals surface area (Å²) in [6, 6.07) is 7.48. The lowest BCUT2D eigenvalue weighted by Gasteiger charge is -2.28. The van der Waals surface area contributed by atoms with Crippen LogP contribution in [0.1, 0.15) is 32.6 Å². The molecule has 7 heteroatoms. The van der Waals surface area contributed by atoms with Crippen LogP contribution in [0.25, 0.3) is 11.4 Å². The molecule has 0 spiro atoms. The smallest absolute Gasteiger partial charge is 0.243 e. The summed E-state index contributed by atoms with van der Waals surface area (Å²) in [4.78, 5) is 13.7. The summed E-state index contributed by atoms with van der Waals surface area (Å²) >= 11 is 5.99. The Morgan fingerprint density at radius 3 is 3.00 bits per heavy atom. The maximum Gasteiger partial charge on any atom is 0.243 e. The third-order valence-electron chi connectivity index (χ3n) is 5.64. The number of halogens is 1. The van der Waals surface area contributed by atoms with E-state index < -0.39 is 0 Å². The number of benzene rings is 1. The van der Waals surface area contributed by atoms with Crippen LogP contribution < -0.4 is 5.32 Å². The second kappa shape index (κ2) is 6.75. The first-order valence-electron chi connectivity index (χ1n) is 8.91. The number of nitrogens with one attached hydrogen (secondary N) is 1. The van der Waals surface area contributed by atoms with Gasteiger partial charge in [0.15, 0.2) is 0 Å². The van der Waals surface area contributed by atoms with Crippen molar-refractivity contribution in [3.63, 3.8) is 0 Å². The van der Waals surface area contributed by atoms with Crippen LogP contribution in [0.3, 0.4) is 0 Å². The Hall–Kier alpha value is -1.95. The van der Waals surface area contributed by atoms with E-state index in [0.29, 0.717) is 16.8 Å². The maximum atomic E-state index is 12.3. The number of aromatic nitrogens is 4. The zero-order chi connectivity index (χ0) is 17.4. The van der Waals surface area contributed by atoms with Crippen LogP contribution >= 0.6 is 11.6 Å². The van der Waals surface area contributed by atoms with Crippen LogP contribution in [-0.4, -0.2) is 32.2 Å². The molecule has 4 rings (SSSR count). The summed E-state index contributed by atoms with van der Waals surface area (Å²) < 4.78 is 0. The number of amides is 1. The first kappa shape index (κ1) is 16.5. The zero-order valence-corrected chi connectivity index (χ0v) is 15.0. The van der Waals surface area contributed by atoms with Gasteiger partial charge < -0.3 is 5.32 Å². The van der Waals surface area contributed by atoms with Gasteiger partial charge in [-0.2, -0.15) is 4.80 Å². The van der Waals surface area contributed by atoms with Gasteiger partial charge in [0.2, 0.25) is 11.7 Å². The molecule has 4 atom stereocenters. The largest absolute Gasteiger partial charge is 0.352 e. The van der Waals surface area contributed by atoms with Gasteiger partial charge in [0.25, 0.3) is 0 Å². The summed E-state index contributed by atoms with van der Waals surface area (Å²) in [5.41, 5.74) is 0.787. The van der Waals surface area contributed by atoms with E-state index in [0.717, 1.165) is 17.4 Å². The van der Waals surface area contributed by atoms with Crippen molar-refractivity contribution >= 4 is 17.5 Å². The number of hydrogen-bond donors (Lipinski definition) is 1. The van der Waals surface area contributed by atoms with Crippen molar-refractivity contribution < 1.29 is 4.79 Å². The SMILES string of the molecule is CC(NC(=O)Cn1nnc(-c2cccc(Cl)c2)n1)C1CC2CCC1C2. The molecule has 1 aromatic heterocycles. The number of carbonyl (C=O) groups excluding carboxylic acids is 1. The molecule has 1 aromatic carbocycles. The van der Waals surface area contributed by atoms with Crippen molar-refractivity contribution in [3.05, 3.63) is 29.3 Å². The molecule has 25 heavy (non-hydrogen) atoms. The zero-order valence-electron chi connectivity index (χ0n) is 14.2. The van der Waals surface area contributed by atoms with Crippen molar-refractivity contribution in [1.29, 1.82) is 0 Å². The first-order chi connectivity index (χ1) is 12.1. The molecule has 0 radical (unpaired) electrons. The second-order valence-electron chi connectivity index (χ2n) is 7.35. The molecule has 0 saturated heterocycles. The minimum absolute atomic E-state index is 0.0645. The molecule has 1 amide bonds. The number of nitrogens with zero attached hydrogens (tertiary/aromatic N) is 4. The average Bonchev–Trinajstić information content (AvgIpc) is 3.31. The third-order valence-corrected chi connectivity index (χ3v) is 5.88. The van der Waals surface area contributed by atoms with Crippen molar-refractivity contribution in [1.82, 2.24) is 25.5 Å². The molecule has 2 aliphatic carbocycles. The highest BCUT2D eigenvalue weighted by Gasteiger charge is 2.42. The predicted octanol–water partition coefficient (Wildman–Crippen LogP) is 2.93. The second-order valence-corrected chi connectivity index (χ2v) is 7.79. The van der Waals surface area contributed by atoms with Crippen molar-refractivity contribution in [2.75, 3.05) is 0 Å². The van der Waals surface area contributed by atoms with E-state index in [4.69, 9.17) is 11.6 Å². The van der Waals surface area contributed by atoms with Gasteiger partial charge in [-0.25, -0.2) is 0 Å². The number of fused-ring (bicyclic) bond motifs is 2. The van der Waals surface area contributed by atoms with Gasteiger partial charge in [0.1, 0.15) is 6.54 Å². The van der Waals surface area contributed by atoms with Gasteiger partial charge in [0.05, 0.1) is 0 Å². The van der Waals surface area contributed by atoms with E-state index in [1.807, 2.05) is 12.1 Å². The fourth-order valence-electron chi connectivity index (χ4n) is 4.49. The quantitative estimate of drug-likeness (QED) is 0.890. The predicted molar refractivity (Wildman–Crippen MR) is 94.8 cm³/mol. The minimum Gasteiger partial charge on any atom is -0.352 e. The lowest BCUT2D eigenvalue weighted by Crippen LogP contribution is -2.41. The Balaban J connectivity index is 1.35. The fraction of sp³-hybridized carbons (Fsp3) is 0.556. The Bertz CT molecular complexity index is 776. The number of tetrazole rings is 1. The summed E-state index contributed by atoms with van der Waals surface area (Å²) in [7, 11) is 0. The highest BCUT2D eigenvalue weighted by atomic mass is 35.5. The molecular weight excluding hydrogens is 338 g/mol. The van der Waals surface area contributed by atoms with Crippen LogP contribution in [0, 0.1) is 17.8 Å². The standard InChI is InChI=1S/C18H22ClN5O/c1-11(16-8-12-5-6-13(16)7-12)20-17(25)10-24-22-18(21-23-24)14-3-2-4-15(19)9-14/h2-4,9,11-13,16H,5-8,10H2,1H3,(H,20,25). The van der Waals surface area contributed by atoms with Crippen LogP contribution in [-0.2, 0) is 11.3 Å². The molecule has 1 heterocycles. The Morgan fingerprint density at radius 2 is 2.28 bits per heavy atom. The molecule has 6 nitrogen and oxygen atoms in total. The van der Waals surface area contributed by atoms with Gasteiger partial charge >= 0.3 is 0 Å². The highest BCUT2D eigenvalue weighted by molar-refractivity contribution is 6.30. The summed E-state index contributed by atoms with van der Waals surface area (Å²) in [5, 5.41) is 16.0. The van der Waals surface area contributed by atoms with Gasteiger partial charge in [0, 0.05) is 16.6 Å². The molecule has 1 N–H and O–H groups in total. The van der Waals surface area contributed by atoms with E-state index in [9.17, 15) is 4.79 Å². The van der Waals surface area contributed by atoms with Gasteiger partial charge in [-0.3, -0.25) is 4.79 Å². The molecule has 0 aliphatic heterocycles. The third kappa shape index (κ3) is 3.54. The van der Waals surface area contributed by atoms with E-state index >= 15 is 0 Å². The summed E-state index contributed by atoms with van der Waals surface area (Å²) in [5.74, 6) is 2.70. The highest BCUT2D eigenvalue weighted by Crippen LogP contribution is 2.49. The van der Waals surface area contributed by atoms with Gasteiger partial charge in [-0.15, -0.1) is 10.2 Å². The molecule has 4 unspecified atom stereocenters. The topological polar surface area (TPSA) is 72.7 Å². The van der Waals surface area contributed by atoms with Crippen molar-refractivity contribution in [3.8, 4) is 11.4 Å². The summed E-state index contributed by atoms with van der Waals surface area (Å²) in [6.45, 7) is 2.20. The van der Waals surface area contributed by atoms with E-state index in [2.05, 4.69) is 27.7 Å². The molecule has 2 aromatic rings. The number of hydrogen-bond acceptors (Lipinski definition) is 4. The lowest BCUT2D eigenvalue weighted by atomic mass is 9.84. The molecule has 2 saturated carbocycles. The van der Waals surface area contributed by atoms with Crippen LogP contribution in [0.15, 0.2) is 24.3 Å². The first-order valence-corrected chi connectivity index (χ1v) is 9.29. The monoisotopic (exact) mass is 359 g/mol. The Labute approximate surface area is 151 Å². The minimum atomic E-state index is -0.0645. The van der Waals surface area contributed by atoms with E-state index in [1.165, 1.54) is 30.5 Å². The van der Waals surface area contributed by atoms with E-state index in [1.54, 1.807) is 12.1 Å². The van der Waals surface area contributed by atoms with Gasteiger partial charge in [-0.1, -0.05) is 30.2 Å². The average molecular weight is 360 g/mol. The van der Waals surface area contributed by atoms with Crippen molar-refractivity contribution in [2.45, 2.75) is 45.2 Å². The number of carbonyl (C=O) groups is 1. The van der Waals surface area contributed by atoms with Crippen LogP contribution in [0.5, 0.6) is 0 Å². The molecule has 2 aliphatic rings. The maximum absolute atomic E-state index is 12.3. The van der Waals surface area contributed by atoms with Crippen molar-refractivity contribution in [2.24, 2.45) is 17.8 Å². The molecular formula is C18H22ClN5O. The fourth-order valence-corrected chi connectivity index (χ4v) is 4.68. The Morgan fingerprint density at radius 1 is 1.40 bits per heavy atom.